The van der Waals surface area contributed by atoms with Crippen LogP contribution in [-0.2, 0) is 16.2 Å². The number of hydrogen-bond acceptors (Lipinski definition) is 5. The maximum atomic E-state index is 13.6. The number of aryl methyl sites for hydroxylation is 1. The molecule has 0 bridgehead atoms. The number of amides is 1. The van der Waals surface area contributed by atoms with Crippen LogP contribution in [0.3, 0.4) is 0 Å². The number of aromatic nitrogens is 3. The topological polar surface area (TPSA) is 117 Å². The Bertz CT molecular complexity index is 1480. The Morgan fingerprint density at radius 2 is 1.91 bits per heavy atom. The monoisotopic (exact) mass is 511 g/mol. The molecule has 35 heavy (non-hydrogen) atoms. The Kier molecular flexibility index (Phi) is 6.16. The zero-order valence-corrected chi connectivity index (χ0v) is 20.0. The fourth-order valence-corrected chi connectivity index (χ4v) is 4.82. The van der Waals surface area contributed by atoms with E-state index in [1.165, 1.54) is 9.42 Å². The summed E-state index contributed by atoms with van der Waals surface area (Å²) in [6.07, 6.45) is -2.01. The zero-order chi connectivity index (χ0) is 25.7. The van der Waals surface area contributed by atoms with Crippen LogP contribution in [0.1, 0.15) is 58.2 Å². The SMILES string of the molecule is Cc1nc2cc([C@@H]3CCCCN3C(=O)c3cc(C(F)(F)F)ccc3NS(C)(=O)=O)[nH]n2c(=O)c1C. The maximum absolute atomic E-state index is 13.6. The fourth-order valence-electron chi connectivity index (χ4n) is 4.25. The number of fused-ring (bicyclic) bond motifs is 1. The lowest BCUT2D eigenvalue weighted by atomic mass is 9.97. The van der Waals surface area contributed by atoms with Gasteiger partial charge in [-0.25, -0.2) is 17.9 Å². The van der Waals surface area contributed by atoms with Crippen LogP contribution in [0.25, 0.3) is 5.65 Å². The van der Waals surface area contributed by atoms with E-state index < -0.39 is 39.3 Å². The third-order valence-electron chi connectivity index (χ3n) is 6.10. The lowest BCUT2D eigenvalue weighted by Gasteiger charge is -2.35. The number of likely N-dealkylation sites (tertiary alicyclic amines) is 1. The average Bonchev–Trinajstić information content (AvgIpc) is 3.19. The number of alkyl halides is 3. The van der Waals surface area contributed by atoms with Crippen molar-refractivity contribution >= 4 is 27.3 Å². The molecule has 2 N–H and O–H groups in total. The van der Waals surface area contributed by atoms with Gasteiger partial charge in [0.25, 0.3) is 11.5 Å². The molecule has 13 heteroatoms. The second-order valence-corrected chi connectivity index (χ2v) is 10.4. The largest absolute Gasteiger partial charge is 0.416 e. The quantitative estimate of drug-likeness (QED) is 0.557. The van der Waals surface area contributed by atoms with Crippen molar-refractivity contribution in [3.05, 3.63) is 62.7 Å². The molecule has 188 valence electrons. The van der Waals surface area contributed by atoms with E-state index in [0.717, 1.165) is 24.8 Å². The fraction of sp³-hybridized carbons (Fsp3) is 0.409. The maximum Gasteiger partial charge on any atom is 0.416 e. The Labute approximate surface area is 199 Å². The van der Waals surface area contributed by atoms with Gasteiger partial charge in [0.15, 0.2) is 5.65 Å². The summed E-state index contributed by atoms with van der Waals surface area (Å²) in [6.45, 7) is 3.61. The Morgan fingerprint density at radius 3 is 2.57 bits per heavy atom. The van der Waals surface area contributed by atoms with Gasteiger partial charge >= 0.3 is 6.18 Å². The molecular weight excluding hydrogens is 487 g/mol. The van der Waals surface area contributed by atoms with Crippen molar-refractivity contribution in [2.45, 2.75) is 45.3 Å². The molecule has 1 saturated heterocycles. The minimum absolute atomic E-state index is 0.240. The molecule has 0 aliphatic carbocycles. The van der Waals surface area contributed by atoms with Crippen LogP contribution in [0.5, 0.6) is 0 Å². The number of halogens is 3. The van der Waals surface area contributed by atoms with Crippen LogP contribution in [0, 0.1) is 13.8 Å². The van der Waals surface area contributed by atoms with Crippen molar-refractivity contribution in [2.75, 3.05) is 17.5 Å². The van der Waals surface area contributed by atoms with E-state index in [4.69, 9.17) is 0 Å². The number of nitrogens with zero attached hydrogens (tertiary/aromatic N) is 3. The number of carbonyl (C=O) groups excluding carboxylic acids is 1. The summed E-state index contributed by atoms with van der Waals surface area (Å²) in [5.41, 5.74) is -0.0936. The van der Waals surface area contributed by atoms with Crippen LogP contribution in [0.4, 0.5) is 18.9 Å². The molecule has 3 heterocycles. The molecule has 1 aromatic carbocycles. The highest BCUT2D eigenvalue weighted by atomic mass is 32.2. The average molecular weight is 512 g/mol. The van der Waals surface area contributed by atoms with Gasteiger partial charge in [-0.15, -0.1) is 0 Å². The van der Waals surface area contributed by atoms with Crippen molar-refractivity contribution in [1.82, 2.24) is 19.5 Å². The number of rotatable bonds is 4. The van der Waals surface area contributed by atoms with Gasteiger partial charge in [-0.1, -0.05) is 0 Å². The van der Waals surface area contributed by atoms with Crippen LogP contribution in [-0.4, -0.2) is 46.6 Å². The molecule has 2 aromatic heterocycles. The second kappa shape index (κ2) is 8.70. The number of benzene rings is 1. The highest BCUT2D eigenvalue weighted by Gasteiger charge is 2.35. The van der Waals surface area contributed by atoms with Crippen molar-refractivity contribution in [1.29, 1.82) is 0 Å². The minimum Gasteiger partial charge on any atom is -0.330 e. The molecule has 1 aliphatic rings. The molecule has 0 spiro atoms. The van der Waals surface area contributed by atoms with Gasteiger partial charge in [0.2, 0.25) is 10.0 Å². The Morgan fingerprint density at radius 1 is 1.20 bits per heavy atom. The summed E-state index contributed by atoms with van der Waals surface area (Å²) >= 11 is 0. The number of sulfonamides is 1. The van der Waals surface area contributed by atoms with E-state index in [9.17, 15) is 31.2 Å². The normalized spacial score (nSPS) is 17.1. The van der Waals surface area contributed by atoms with E-state index in [-0.39, 0.29) is 17.8 Å². The molecule has 0 unspecified atom stereocenters. The smallest absolute Gasteiger partial charge is 0.330 e. The second-order valence-electron chi connectivity index (χ2n) is 8.67. The molecule has 1 amide bonds. The van der Waals surface area contributed by atoms with Gasteiger partial charge in [0, 0.05) is 23.9 Å². The van der Waals surface area contributed by atoms with E-state index in [1.54, 1.807) is 19.9 Å². The Balaban J connectivity index is 1.80. The van der Waals surface area contributed by atoms with Crippen molar-refractivity contribution in [2.24, 2.45) is 0 Å². The lowest BCUT2D eigenvalue weighted by molar-refractivity contribution is -0.137. The molecular formula is C22H24F3N5O4S. The van der Waals surface area contributed by atoms with Crippen molar-refractivity contribution < 1.29 is 26.4 Å². The van der Waals surface area contributed by atoms with Crippen LogP contribution < -0.4 is 10.3 Å². The number of piperidine rings is 1. The molecule has 1 aliphatic heterocycles. The van der Waals surface area contributed by atoms with Gasteiger partial charge < -0.3 is 4.90 Å². The number of aromatic amines is 1. The number of carbonyl (C=O) groups is 1. The molecule has 1 fully saturated rings. The van der Waals surface area contributed by atoms with Gasteiger partial charge in [-0.2, -0.15) is 13.2 Å². The van der Waals surface area contributed by atoms with E-state index >= 15 is 0 Å². The molecule has 4 rings (SSSR count). The summed E-state index contributed by atoms with van der Waals surface area (Å²) < 4.78 is 67.2. The van der Waals surface area contributed by atoms with Crippen molar-refractivity contribution in [3.8, 4) is 0 Å². The lowest BCUT2D eigenvalue weighted by Crippen LogP contribution is -2.39. The predicted molar refractivity (Wildman–Crippen MR) is 123 cm³/mol. The van der Waals surface area contributed by atoms with Crippen LogP contribution in [0.2, 0.25) is 0 Å². The molecule has 3 aromatic rings. The summed E-state index contributed by atoms with van der Waals surface area (Å²) in [6, 6.07) is 3.39. The molecule has 1 atom stereocenters. The van der Waals surface area contributed by atoms with Crippen LogP contribution >= 0.6 is 0 Å². The molecule has 0 saturated carbocycles. The van der Waals surface area contributed by atoms with Gasteiger partial charge in [0.1, 0.15) is 0 Å². The van der Waals surface area contributed by atoms with E-state index in [2.05, 4.69) is 14.8 Å². The Hall–Kier alpha value is -3.35. The van der Waals surface area contributed by atoms with Crippen molar-refractivity contribution in [3.63, 3.8) is 0 Å². The molecule has 9 nitrogen and oxygen atoms in total. The number of nitrogens with one attached hydrogen (secondary N) is 2. The summed E-state index contributed by atoms with van der Waals surface area (Å²) in [5, 5.41) is 2.98. The number of H-pyrrole nitrogens is 1. The standard InChI is InChI=1S/C22H24F3N5O4S/c1-12-13(2)26-19-11-17(27-30(19)20(12)31)18-6-4-5-9-29(18)21(32)15-10-14(22(23,24)25)7-8-16(15)28-35(3,33)34/h7-8,10-11,18,27-28H,4-6,9H2,1-3H3/t18-/m0/s1. The highest BCUT2D eigenvalue weighted by Crippen LogP contribution is 2.36. The number of hydrogen-bond donors (Lipinski definition) is 2. The first-order chi connectivity index (χ1) is 16.3. The van der Waals surface area contributed by atoms with E-state index in [1.807, 2.05) is 0 Å². The molecule has 0 radical (unpaired) electrons. The highest BCUT2D eigenvalue weighted by molar-refractivity contribution is 7.92. The third kappa shape index (κ3) is 4.90. The summed E-state index contributed by atoms with van der Waals surface area (Å²) in [5.74, 6) is -0.752. The first-order valence-electron chi connectivity index (χ1n) is 10.8. The van der Waals surface area contributed by atoms with Gasteiger partial charge in [-0.05, 0) is 51.3 Å². The third-order valence-corrected chi connectivity index (χ3v) is 6.69. The zero-order valence-electron chi connectivity index (χ0n) is 19.2. The first kappa shape index (κ1) is 24.8. The number of anilines is 1. The minimum atomic E-state index is -4.72. The summed E-state index contributed by atoms with van der Waals surface area (Å²) in [4.78, 5) is 32.0. The van der Waals surface area contributed by atoms with Gasteiger partial charge in [-0.3, -0.25) is 19.4 Å². The predicted octanol–water partition coefficient (Wildman–Crippen LogP) is 3.40. The van der Waals surface area contributed by atoms with Crippen LogP contribution in [0.15, 0.2) is 29.1 Å². The van der Waals surface area contributed by atoms with E-state index in [0.29, 0.717) is 41.5 Å². The van der Waals surface area contributed by atoms with Gasteiger partial charge in [0.05, 0.1) is 34.8 Å². The first-order valence-corrected chi connectivity index (χ1v) is 12.7. The summed E-state index contributed by atoms with van der Waals surface area (Å²) in [7, 11) is -3.86.